The maximum Gasteiger partial charge on any atom is 0.325 e. The zero-order chi connectivity index (χ0) is 18.3. The Kier molecular flexibility index (Phi) is 3.88. The molecule has 7 heteroatoms. The number of thiazole rings is 1. The number of ether oxygens (including phenoxy) is 1. The largest absolute Gasteiger partial charge is 0.497 e. The predicted molar refractivity (Wildman–Crippen MR) is 99.0 cm³/mol. The van der Waals surface area contributed by atoms with Crippen LogP contribution in [0.25, 0.3) is 10.2 Å². The number of carbonyl (C=O) groups excluding carboxylic acids is 2. The van der Waals surface area contributed by atoms with Gasteiger partial charge in [-0.3, -0.25) is 9.69 Å². The lowest BCUT2D eigenvalue weighted by molar-refractivity contribution is -0.131. The highest BCUT2D eigenvalue weighted by Crippen LogP contribution is 2.32. The second-order valence-corrected chi connectivity index (χ2v) is 7.37. The lowest BCUT2D eigenvalue weighted by Crippen LogP contribution is -2.40. The van der Waals surface area contributed by atoms with Gasteiger partial charge in [0.2, 0.25) is 0 Å². The van der Waals surface area contributed by atoms with Gasteiger partial charge in [0.15, 0.2) is 0 Å². The second-order valence-electron chi connectivity index (χ2n) is 6.25. The number of urea groups is 1. The van der Waals surface area contributed by atoms with Crippen LogP contribution < -0.4 is 10.1 Å². The molecule has 2 heterocycles. The van der Waals surface area contributed by atoms with Gasteiger partial charge in [0, 0.05) is 0 Å². The summed E-state index contributed by atoms with van der Waals surface area (Å²) in [6.07, 6.45) is 0. The van der Waals surface area contributed by atoms with Crippen LogP contribution in [0.2, 0.25) is 0 Å². The zero-order valence-corrected chi connectivity index (χ0v) is 15.2. The third-order valence-electron chi connectivity index (χ3n) is 4.57. The number of benzene rings is 2. The Morgan fingerprint density at radius 2 is 1.88 bits per heavy atom. The fourth-order valence-electron chi connectivity index (χ4n) is 3.08. The van der Waals surface area contributed by atoms with Crippen molar-refractivity contribution in [1.29, 1.82) is 0 Å². The molecule has 2 aromatic carbocycles. The molecule has 0 saturated carbocycles. The Balaban J connectivity index is 1.61. The van der Waals surface area contributed by atoms with Crippen LogP contribution in [0.4, 0.5) is 4.79 Å². The number of hydrogen-bond acceptors (Lipinski definition) is 5. The van der Waals surface area contributed by atoms with E-state index in [0.717, 1.165) is 15.2 Å². The fourth-order valence-corrected chi connectivity index (χ4v) is 4.04. The summed E-state index contributed by atoms with van der Waals surface area (Å²) < 4.78 is 6.19. The molecular weight excluding hydrogens is 350 g/mol. The molecule has 1 fully saturated rings. The van der Waals surface area contributed by atoms with Crippen LogP contribution in [0.15, 0.2) is 48.5 Å². The van der Waals surface area contributed by atoms with Crippen LogP contribution in [0.3, 0.4) is 0 Å². The summed E-state index contributed by atoms with van der Waals surface area (Å²) in [5.41, 5.74) is 0.487. The SMILES string of the molecule is COc1ccc(C2(C)NC(=O)N(Cc3nc4ccccc4s3)C2=O)cc1. The highest BCUT2D eigenvalue weighted by Gasteiger charge is 2.49. The number of nitrogens with zero attached hydrogens (tertiary/aromatic N) is 2. The molecule has 3 aromatic rings. The van der Waals surface area contributed by atoms with Crippen LogP contribution in [0.5, 0.6) is 5.75 Å². The average molecular weight is 367 g/mol. The van der Waals surface area contributed by atoms with Crippen molar-refractivity contribution in [1.82, 2.24) is 15.2 Å². The minimum absolute atomic E-state index is 0.162. The Morgan fingerprint density at radius 1 is 1.15 bits per heavy atom. The van der Waals surface area contributed by atoms with Crippen molar-refractivity contribution >= 4 is 33.5 Å². The number of para-hydroxylation sites is 1. The van der Waals surface area contributed by atoms with Gasteiger partial charge in [-0.2, -0.15) is 0 Å². The van der Waals surface area contributed by atoms with Crippen LogP contribution in [-0.2, 0) is 16.9 Å². The van der Waals surface area contributed by atoms with Gasteiger partial charge in [0.05, 0.1) is 23.9 Å². The highest BCUT2D eigenvalue weighted by atomic mass is 32.1. The van der Waals surface area contributed by atoms with E-state index < -0.39 is 11.6 Å². The minimum Gasteiger partial charge on any atom is -0.497 e. The van der Waals surface area contributed by atoms with E-state index in [1.54, 1.807) is 38.3 Å². The first-order valence-electron chi connectivity index (χ1n) is 8.14. The number of carbonyl (C=O) groups is 2. The summed E-state index contributed by atoms with van der Waals surface area (Å²) in [4.78, 5) is 31.2. The molecule has 132 valence electrons. The summed E-state index contributed by atoms with van der Waals surface area (Å²) in [6, 6.07) is 14.5. The number of aromatic nitrogens is 1. The highest BCUT2D eigenvalue weighted by molar-refractivity contribution is 7.18. The summed E-state index contributed by atoms with van der Waals surface area (Å²) in [7, 11) is 1.58. The quantitative estimate of drug-likeness (QED) is 0.719. The van der Waals surface area contributed by atoms with E-state index in [0.29, 0.717) is 11.3 Å². The van der Waals surface area contributed by atoms with Crippen LogP contribution in [0, 0.1) is 0 Å². The molecule has 4 rings (SSSR count). The van der Waals surface area contributed by atoms with Gasteiger partial charge in [-0.15, -0.1) is 11.3 Å². The van der Waals surface area contributed by atoms with Gasteiger partial charge in [0.1, 0.15) is 16.3 Å². The van der Waals surface area contributed by atoms with E-state index in [4.69, 9.17) is 4.74 Å². The van der Waals surface area contributed by atoms with Crippen molar-refractivity contribution in [3.05, 3.63) is 59.1 Å². The van der Waals surface area contributed by atoms with E-state index in [2.05, 4.69) is 10.3 Å². The smallest absolute Gasteiger partial charge is 0.325 e. The lowest BCUT2D eigenvalue weighted by atomic mass is 9.92. The normalized spacial score (nSPS) is 19.8. The van der Waals surface area contributed by atoms with Crippen molar-refractivity contribution in [2.45, 2.75) is 19.0 Å². The van der Waals surface area contributed by atoms with E-state index >= 15 is 0 Å². The van der Waals surface area contributed by atoms with E-state index in [9.17, 15) is 9.59 Å². The van der Waals surface area contributed by atoms with E-state index in [1.807, 2.05) is 24.3 Å². The van der Waals surface area contributed by atoms with Gasteiger partial charge >= 0.3 is 6.03 Å². The summed E-state index contributed by atoms with van der Waals surface area (Å²) in [6.45, 7) is 1.88. The van der Waals surface area contributed by atoms with Crippen molar-refractivity contribution in [2.75, 3.05) is 7.11 Å². The van der Waals surface area contributed by atoms with Crippen molar-refractivity contribution < 1.29 is 14.3 Å². The molecule has 1 aromatic heterocycles. The summed E-state index contributed by atoms with van der Waals surface area (Å²) in [5, 5.41) is 3.54. The molecule has 1 aliphatic rings. The van der Waals surface area contributed by atoms with Gasteiger partial charge < -0.3 is 10.1 Å². The van der Waals surface area contributed by atoms with Crippen LogP contribution >= 0.6 is 11.3 Å². The number of rotatable bonds is 4. The Labute approximate surface area is 154 Å². The Hall–Kier alpha value is -2.93. The fraction of sp³-hybridized carbons (Fsp3) is 0.211. The molecule has 0 radical (unpaired) electrons. The van der Waals surface area contributed by atoms with Crippen LogP contribution in [0.1, 0.15) is 17.5 Å². The standard InChI is InChI=1S/C19H17N3O3S/c1-19(12-7-9-13(25-2)10-8-12)17(23)22(18(24)21-19)11-16-20-14-5-3-4-6-15(14)26-16/h3-10H,11H2,1-2H3,(H,21,24). The molecular formula is C19H17N3O3S. The molecule has 26 heavy (non-hydrogen) atoms. The van der Waals surface area contributed by atoms with Gasteiger partial charge in [-0.25, -0.2) is 9.78 Å². The molecule has 0 aliphatic carbocycles. The minimum atomic E-state index is -1.10. The van der Waals surface area contributed by atoms with Gasteiger partial charge in [-0.1, -0.05) is 24.3 Å². The summed E-state index contributed by atoms with van der Waals surface area (Å²) >= 11 is 1.49. The topological polar surface area (TPSA) is 71.5 Å². The first-order valence-corrected chi connectivity index (χ1v) is 8.96. The Bertz CT molecular complexity index is 966. The van der Waals surface area contributed by atoms with E-state index in [1.165, 1.54) is 16.2 Å². The zero-order valence-electron chi connectivity index (χ0n) is 14.4. The number of imide groups is 1. The van der Waals surface area contributed by atoms with Gasteiger partial charge in [0.25, 0.3) is 5.91 Å². The Morgan fingerprint density at radius 3 is 2.58 bits per heavy atom. The molecule has 6 nitrogen and oxygen atoms in total. The van der Waals surface area contributed by atoms with E-state index in [-0.39, 0.29) is 12.5 Å². The van der Waals surface area contributed by atoms with Gasteiger partial charge in [-0.05, 0) is 36.8 Å². The molecule has 0 bridgehead atoms. The van der Waals surface area contributed by atoms with Crippen molar-refractivity contribution in [3.8, 4) is 5.75 Å². The molecule has 1 N–H and O–H groups in total. The number of fused-ring (bicyclic) bond motifs is 1. The lowest BCUT2D eigenvalue weighted by Gasteiger charge is -2.22. The second kappa shape index (κ2) is 6.10. The first kappa shape index (κ1) is 16.5. The predicted octanol–water partition coefficient (Wildman–Crippen LogP) is 3.27. The first-order chi connectivity index (χ1) is 12.5. The molecule has 0 spiro atoms. The number of hydrogen-bond donors (Lipinski definition) is 1. The molecule has 1 atom stereocenters. The monoisotopic (exact) mass is 367 g/mol. The third kappa shape index (κ3) is 2.61. The maximum absolute atomic E-state index is 13.0. The molecule has 3 amide bonds. The maximum atomic E-state index is 13.0. The van der Waals surface area contributed by atoms with Crippen LogP contribution in [-0.4, -0.2) is 28.9 Å². The number of nitrogens with one attached hydrogen (secondary N) is 1. The van der Waals surface area contributed by atoms with Crippen molar-refractivity contribution in [2.24, 2.45) is 0 Å². The third-order valence-corrected chi connectivity index (χ3v) is 5.60. The van der Waals surface area contributed by atoms with Crippen molar-refractivity contribution in [3.63, 3.8) is 0 Å². The molecule has 1 unspecified atom stereocenters. The summed E-state index contributed by atoms with van der Waals surface area (Å²) in [5.74, 6) is 0.410. The number of methoxy groups -OCH3 is 1. The molecule has 1 aliphatic heterocycles. The number of amides is 3. The average Bonchev–Trinajstić information content (AvgIpc) is 3.16. The molecule has 1 saturated heterocycles.